The molecule has 0 aliphatic rings. The minimum absolute atomic E-state index is 0.990. The van der Waals surface area contributed by atoms with Gasteiger partial charge in [-0.25, -0.2) is 0 Å². The fourth-order valence-corrected chi connectivity index (χ4v) is 1.75. The van der Waals surface area contributed by atoms with Crippen molar-refractivity contribution in [2.24, 2.45) is 0 Å². The Morgan fingerprint density at radius 2 is 1.81 bits per heavy atom. The summed E-state index contributed by atoms with van der Waals surface area (Å²) in [5, 5.41) is 3.50. The van der Waals surface area contributed by atoms with Crippen molar-refractivity contribution in [2.45, 2.75) is 32.9 Å². The lowest BCUT2D eigenvalue weighted by Gasteiger charge is -2.14. The summed E-state index contributed by atoms with van der Waals surface area (Å²) in [6.45, 7) is 5.35. The smallest absolute Gasteiger partial charge is 0.0230 e. The van der Waals surface area contributed by atoms with E-state index < -0.39 is 0 Å². The van der Waals surface area contributed by atoms with Crippen LogP contribution < -0.4 is 5.32 Å². The lowest BCUT2D eigenvalue weighted by atomic mass is 10.1. The summed E-state index contributed by atoms with van der Waals surface area (Å²) in [7, 11) is 4.22. The van der Waals surface area contributed by atoms with E-state index in [0.29, 0.717) is 0 Å². The van der Waals surface area contributed by atoms with Crippen LogP contribution in [0.25, 0.3) is 0 Å². The second-order valence-corrected chi connectivity index (χ2v) is 4.54. The van der Waals surface area contributed by atoms with E-state index in [4.69, 9.17) is 0 Å². The van der Waals surface area contributed by atoms with Gasteiger partial charge in [0.25, 0.3) is 0 Å². The molecule has 1 aromatic carbocycles. The normalized spacial score (nSPS) is 11.0. The lowest BCUT2D eigenvalue weighted by Crippen LogP contribution is -2.18. The third kappa shape index (κ3) is 4.77. The van der Waals surface area contributed by atoms with Crippen molar-refractivity contribution in [1.82, 2.24) is 10.2 Å². The number of rotatable bonds is 7. The van der Waals surface area contributed by atoms with Crippen LogP contribution in [-0.4, -0.2) is 25.5 Å². The van der Waals surface area contributed by atoms with Crippen molar-refractivity contribution in [3.8, 4) is 0 Å². The lowest BCUT2D eigenvalue weighted by molar-refractivity contribution is 0.400. The van der Waals surface area contributed by atoms with E-state index >= 15 is 0 Å². The number of hydrogen-bond acceptors (Lipinski definition) is 2. The molecule has 0 aliphatic carbocycles. The number of nitrogens with one attached hydrogen (secondary N) is 1. The maximum Gasteiger partial charge on any atom is 0.0230 e. The molecule has 0 radical (unpaired) electrons. The number of unbranched alkanes of at least 4 members (excludes halogenated alkanes) is 1. The predicted octanol–water partition coefficient (Wildman–Crippen LogP) is 2.64. The minimum atomic E-state index is 0.990. The van der Waals surface area contributed by atoms with Crippen molar-refractivity contribution in [1.29, 1.82) is 0 Å². The van der Waals surface area contributed by atoms with E-state index in [1.54, 1.807) is 0 Å². The molecule has 0 aromatic heterocycles. The maximum atomic E-state index is 3.50. The molecule has 0 spiro atoms. The van der Waals surface area contributed by atoms with Crippen molar-refractivity contribution < 1.29 is 0 Å². The molecule has 2 nitrogen and oxygen atoms in total. The first-order valence-electron chi connectivity index (χ1n) is 6.16. The Bertz CT molecular complexity index is 295. The van der Waals surface area contributed by atoms with E-state index in [9.17, 15) is 0 Å². The quantitative estimate of drug-likeness (QED) is 0.711. The SMILES string of the molecule is CCCCNCc1ccccc1CN(C)C. The standard InChI is InChI=1S/C14H24N2/c1-4-5-10-15-11-13-8-6-7-9-14(13)12-16(2)3/h6-9,15H,4-5,10-12H2,1-3H3. The molecule has 0 amide bonds. The fourth-order valence-electron chi connectivity index (χ4n) is 1.75. The molecule has 1 aromatic rings. The van der Waals surface area contributed by atoms with E-state index in [1.807, 2.05) is 0 Å². The van der Waals surface area contributed by atoms with Gasteiger partial charge in [0.15, 0.2) is 0 Å². The highest BCUT2D eigenvalue weighted by Crippen LogP contribution is 2.10. The molecule has 0 saturated heterocycles. The molecular weight excluding hydrogens is 196 g/mol. The first kappa shape index (κ1) is 13.2. The Balaban J connectivity index is 2.50. The summed E-state index contributed by atoms with van der Waals surface area (Å²) in [5.41, 5.74) is 2.85. The van der Waals surface area contributed by atoms with Crippen molar-refractivity contribution in [3.05, 3.63) is 35.4 Å². The van der Waals surface area contributed by atoms with Crippen LogP contribution in [0.15, 0.2) is 24.3 Å². The van der Waals surface area contributed by atoms with Crippen LogP contribution >= 0.6 is 0 Å². The highest BCUT2D eigenvalue weighted by Gasteiger charge is 2.01. The zero-order chi connectivity index (χ0) is 11.8. The fraction of sp³-hybridized carbons (Fsp3) is 0.571. The molecule has 2 heteroatoms. The largest absolute Gasteiger partial charge is 0.313 e. The van der Waals surface area contributed by atoms with Gasteiger partial charge in [-0.3, -0.25) is 0 Å². The van der Waals surface area contributed by atoms with Gasteiger partial charge in [0.2, 0.25) is 0 Å². The summed E-state index contributed by atoms with van der Waals surface area (Å²) < 4.78 is 0. The van der Waals surface area contributed by atoms with E-state index in [1.165, 1.54) is 24.0 Å². The highest BCUT2D eigenvalue weighted by molar-refractivity contribution is 5.26. The molecule has 0 saturated carbocycles. The van der Waals surface area contributed by atoms with Crippen LogP contribution in [-0.2, 0) is 13.1 Å². The predicted molar refractivity (Wildman–Crippen MR) is 70.4 cm³/mol. The molecule has 90 valence electrons. The summed E-state index contributed by atoms with van der Waals surface area (Å²) in [4.78, 5) is 2.21. The molecule has 1 rings (SSSR count). The molecule has 0 aliphatic heterocycles. The zero-order valence-corrected chi connectivity index (χ0v) is 10.8. The number of hydrogen-bond donors (Lipinski definition) is 1. The highest BCUT2D eigenvalue weighted by atomic mass is 15.0. The summed E-state index contributed by atoms with van der Waals surface area (Å²) in [6, 6.07) is 8.68. The number of nitrogens with zero attached hydrogens (tertiary/aromatic N) is 1. The third-order valence-corrected chi connectivity index (χ3v) is 2.63. The Morgan fingerprint density at radius 1 is 1.12 bits per heavy atom. The maximum absolute atomic E-state index is 3.50. The second kappa shape index (κ2) is 7.42. The Labute approximate surface area is 99.7 Å². The van der Waals surface area contributed by atoms with Gasteiger partial charge in [0, 0.05) is 13.1 Å². The monoisotopic (exact) mass is 220 g/mol. The van der Waals surface area contributed by atoms with Gasteiger partial charge in [0.05, 0.1) is 0 Å². The molecule has 0 bridgehead atoms. The van der Waals surface area contributed by atoms with Gasteiger partial charge in [-0.15, -0.1) is 0 Å². The van der Waals surface area contributed by atoms with Gasteiger partial charge >= 0.3 is 0 Å². The van der Waals surface area contributed by atoms with E-state index in [2.05, 4.69) is 55.5 Å². The van der Waals surface area contributed by atoms with Crippen LogP contribution in [0.1, 0.15) is 30.9 Å². The minimum Gasteiger partial charge on any atom is -0.313 e. The summed E-state index contributed by atoms with van der Waals surface area (Å²) in [6.07, 6.45) is 2.52. The molecule has 0 atom stereocenters. The van der Waals surface area contributed by atoms with Crippen LogP contribution in [0.2, 0.25) is 0 Å². The third-order valence-electron chi connectivity index (χ3n) is 2.63. The summed E-state index contributed by atoms with van der Waals surface area (Å²) in [5.74, 6) is 0. The second-order valence-electron chi connectivity index (χ2n) is 4.54. The van der Waals surface area contributed by atoms with Gasteiger partial charge in [0.1, 0.15) is 0 Å². The molecule has 0 heterocycles. The Hall–Kier alpha value is -0.860. The molecular formula is C14H24N2. The number of benzene rings is 1. The summed E-state index contributed by atoms with van der Waals surface area (Å²) >= 11 is 0. The van der Waals surface area contributed by atoms with Crippen molar-refractivity contribution in [3.63, 3.8) is 0 Å². The zero-order valence-electron chi connectivity index (χ0n) is 10.8. The molecule has 16 heavy (non-hydrogen) atoms. The van der Waals surface area contributed by atoms with E-state index in [0.717, 1.165) is 19.6 Å². The average molecular weight is 220 g/mol. The Kier molecular flexibility index (Phi) is 6.12. The molecule has 0 unspecified atom stereocenters. The van der Waals surface area contributed by atoms with Crippen molar-refractivity contribution in [2.75, 3.05) is 20.6 Å². The van der Waals surface area contributed by atoms with Crippen LogP contribution in [0.3, 0.4) is 0 Å². The first-order chi connectivity index (χ1) is 7.74. The first-order valence-corrected chi connectivity index (χ1v) is 6.16. The van der Waals surface area contributed by atoms with Crippen molar-refractivity contribution >= 4 is 0 Å². The van der Waals surface area contributed by atoms with Gasteiger partial charge in [-0.05, 0) is 38.2 Å². The van der Waals surface area contributed by atoms with Gasteiger partial charge < -0.3 is 10.2 Å². The van der Waals surface area contributed by atoms with Crippen LogP contribution in [0.5, 0.6) is 0 Å². The molecule has 1 N–H and O–H groups in total. The van der Waals surface area contributed by atoms with Crippen LogP contribution in [0.4, 0.5) is 0 Å². The van der Waals surface area contributed by atoms with Gasteiger partial charge in [-0.2, -0.15) is 0 Å². The van der Waals surface area contributed by atoms with Crippen LogP contribution in [0, 0.1) is 0 Å². The Morgan fingerprint density at radius 3 is 2.44 bits per heavy atom. The van der Waals surface area contributed by atoms with E-state index in [-0.39, 0.29) is 0 Å². The molecule has 0 fully saturated rings. The average Bonchev–Trinajstić information content (AvgIpc) is 2.26. The van der Waals surface area contributed by atoms with Gasteiger partial charge in [-0.1, -0.05) is 37.6 Å². The topological polar surface area (TPSA) is 15.3 Å².